The summed E-state index contributed by atoms with van der Waals surface area (Å²) in [5, 5.41) is 2.98. The van der Waals surface area contributed by atoms with Gasteiger partial charge < -0.3 is 5.32 Å². The molecule has 2 nitrogen and oxygen atoms in total. The standard InChI is InChI=1S/C10H14F2N2/c1-7(2)3-13-4-8-9(11)5-14-6-10(8)12/h5-7,13H,3-4H2,1-2H3. The largest absolute Gasteiger partial charge is 0.312 e. The molecule has 0 bridgehead atoms. The van der Waals surface area contributed by atoms with Crippen LogP contribution in [-0.2, 0) is 6.54 Å². The average Bonchev–Trinajstić information content (AvgIpc) is 2.09. The number of hydrogen-bond acceptors (Lipinski definition) is 2. The lowest BCUT2D eigenvalue weighted by atomic mass is 10.2. The molecular weight excluding hydrogens is 186 g/mol. The van der Waals surface area contributed by atoms with Gasteiger partial charge in [0.2, 0.25) is 0 Å². The zero-order valence-corrected chi connectivity index (χ0v) is 8.35. The lowest BCUT2D eigenvalue weighted by Crippen LogP contribution is -2.20. The highest BCUT2D eigenvalue weighted by atomic mass is 19.1. The van der Waals surface area contributed by atoms with Crippen LogP contribution in [0.4, 0.5) is 8.78 Å². The van der Waals surface area contributed by atoms with E-state index in [0.29, 0.717) is 5.92 Å². The van der Waals surface area contributed by atoms with Crippen molar-refractivity contribution in [3.05, 3.63) is 29.6 Å². The van der Waals surface area contributed by atoms with Crippen molar-refractivity contribution < 1.29 is 8.78 Å². The summed E-state index contributed by atoms with van der Waals surface area (Å²) in [6.45, 7) is 5.01. The molecule has 0 radical (unpaired) electrons. The molecule has 0 atom stereocenters. The second kappa shape index (κ2) is 5.00. The predicted molar refractivity (Wildman–Crippen MR) is 50.7 cm³/mol. The van der Waals surface area contributed by atoms with Crippen molar-refractivity contribution in [1.82, 2.24) is 10.3 Å². The fourth-order valence-corrected chi connectivity index (χ4v) is 1.09. The first-order valence-corrected chi connectivity index (χ1v) is 4.60. The van der Waals surface area contributed by atoms with E-state index in [4.69, 9.17) is 0 Å². The van der Waals surface area contributed by atoms with E-state index in [0.717, 1.165) is 18.9 Å². The third-order valence-corrected chi connectivity index (χ3v) is 1.81. The Kier molecular flexibility index (Phi) is 3.95. The third kappa shape index (κ3) is 3.03. The zero-order chi connectivity index (χ0) is 10.6. The number of hydrogen-bond donors (Lipinski definition) is 1. The highest BCUT2D eigenvalue weighted by Gasteiger charge is 2.08. The lowest BCUT2D eigenvalue weighted by molar-refractivity contribution is 0.503. The molecule has 0 unspecified atom stereocenters. The Balaban J connectivity index is 2.58. The summed E-state index contributed by atoms with van der Waals surface area (Å²) in [5.41, 5.74) is 0.0562. The highest BCUT2D eigenvalue weighted by Crippen LogP contribution is 2.09. The van der Waals surface area contributed by atoms with Gasteiger partial charge in [0.1, 0.15) is 11.6 Å². The second-order valence-electron chi connectivity index (χ2n) is 3.61. The van der Waals surface area contributed by atoms with Gasteiger partial charge >= 0.3 is 0 Å². The predicted octanol–water partition coefficient (Wildman–Crippen LogP) is 2.11. The molecule has 1 aromatic rings. The minimum absolute atomic E-state index is 0.0562. The maximum Gasteiger partial charge on any atom is 0.148 e. The van der Waals surface area contributed by atoms with E-state index in [2.05, 4.69) is 10.3 Å². The Labute approximate surface area is 82.4 Å². The van der Waals surface area contributed by atoms with Crippen molar-refractivity contribution >= 4 is 0 Å². The van der Waals surface area contributed by atoms with E-state index in [9.17, 15) is 8.78 Å². The fourth-order valence-electron chi connectivity index (χ4n) is 1.09. The lowest BCUT2D eigenvalue weighted by Gasteiger charge is -2.08. The van der Waals surface area contributed by atoms with Gasteiger partial charge in [0.05, 0.1) is 12.4 Å². The van der Waals surface area contributed by atoms with Crippen molar-refractivity contribution in [3.63, 3.8) is 0 Å². The molecule has 0 fully saturated rings. The molecular formula is C10H14F2N2. The van der Waals surface area contributed by atoms with Crippen LogP contribution in [0.1, 0.15) is 19.4 Å². The molecule has 0 aliphatic rings. The van der Waals surface area contributed by atoms with Crippen molar-refractivity contribution in [1.29, 1.82) is 0 Å². The van der Waals surface area contributed by atoms with Crippen LogP contribution in [0.5, 0.6) is 0 Å². The molecule has 14 heavy (non-hydrogen) atoms. The molecule has 0 saturated heterocycles. The monoisotopic (exact) mass is 200 g/mol. The molecule has 1 N–H and O–H groups in total. The van der Waals surface area contributed by atoms with Crippen LogP contribution in [0, 0.1) is 17.6 Å². The SMILES string of the molecule is CC(C)CNCc1c(F)cncc1F. The molecule has 0 amide bonds. The summed E-state index contributed by atoms with van der Waals surface area (Å²) in [5.74, 6) is -0.731. The third-order valence-electron chi connectivity index (χ3n) is 1.81. The summed E-state index contributed by atoms with van der Waals surface area (Å²) in [4.78, 5) is 3.41. The number of halogens is 2. The molecule has 1 heterocycles. The molecule has 0 aromatic carbocycles. The first-order valence-electron chi connectivity index (χ1n) is 4.60. The van der Waals surface area contributed by atoms with Gasteiger partial charge in [0.25, 0.3) is 0 Å². The van der Waals surface area contributed by atoms with E-state index in [1.165, 1.54) is 0 Å². The highest BCUT2D eigenvalue weighted by molar-refractivity contribution is 5.14. The normalized spacial score (nSPS) is 10.9. The molecule has 1 rings (SSSR count). The summed E-state index contributed by atoms with van der Waals surface area (Å²) < 4.78 is 26.1. The van der Waals surface area contributed by atoms with Crippen molar-refractivity contribution in [3.8, 4) is 0 Å². The second-order valence-corrected chi connectivity index (χ2v) is 3.61. The molecule has 1 aromatic heterocycles. The Morgan fingerprint density at radius 2 is 1.86 bits per heavy atom. The van der Waals surface area contributed by atoms with Gasteiger partial charge in [0, 0.05) is 12.1 Å². The van der Waals surface area contributed by atoms with Crippen LogP contribution < -0.4 is 5.32 Å². The van der Waals surface area contributed by atoms with E-state index in [1.807, 2.05) is 13.8 Å². The average molecular weight is 200 g/mol. The summed E-state index contributed by atoms with van der Waals surface area (Å²) in [6, 6.07) is 0. The molecule has 78 valence electrons. The fraction of sp³-hybridized carbons (Fsp3) is 0.500. The van der Waals surface area contributed by atoms with Gasteiger partial charge in [-0.1, -0.05) is 13.8 Å². The van der Waals surface area contributed by atoms with E-state index in [1.54, 1.807) is 0 Å². The quantitative estimate of drug-likeness (QED) is 0.805. The topological polar surface area (TPSA) is 24.9 Å². The van der Waals surface area contributed by atoms with E-state index < -0.39 is 11.6 Å². The molecule has 0 aliphatic heterocycles. The summed E-state index contributed by atoms with van der Waals surface area (Å²) >= 11 is 0. The van der Waals surface area contributed by atoms with Gasteiger partial charge in [0.15, 0.2) is 0 Å². The smallest absolute Gasteiger partial charge is 0.148 e. The van der Waals surface area contributed by atoms with E-state index in [-0.39, 0.29) is 12.1 Å². The minimum atomic E-state index is -0.596. The van der Waals surface area contributed by atoms with Crippen LogP contribution in [0.2, 0.25) is 0 Å². The van der Waals surface area contributed by atoms with Gasteiger partial charge in [-0.2, -0.15) is 0 Å². The van der Waals surface area contributed by atoms with Crippen LogP contribution in [0.15, 0.2) is 12.4 Å². The van der Waals surface area contributed by atoms with Crippen LogP contribution in [0.25, 0.3) is 0 Å². The van der Waals surface area contributed by atoms with Crippen LogP contribution in [0.3, 0.4) is 0 Å². The number of nitrogens with one attached hydrogen (secondary N) is 1. The van der Waals surface area contributed by atoms with Crippen molar-refractivity contribution in [2.75, 3.05) is 6.54 Å². The Morgan fingerprint density at radius 1 is 1.29 bits per heavy atom. The Bertz CT molecular complexity index is 280. The van der Waals surface area contributed by atoms with Crippen molar-refractivity contribution in [2.24, 2.45) is 5.92 Å². The van der Waals surface area contributed by atoms with Gasteiger partial charge in [-0.15, -0.1) is 0 Å². The Morgan fingerprint density at radius 3 is 2.36 bits per heavy atom. The Hall–Kier alpha value is -1.03. The van der Waals surface area contributed by atoms with E-state index >= 15 is 0 Å². The minimum Gasteiger partial charge on any atom is -0.312 e. The number of nitrogens with zero attached hydrogens (tertiary/aromatic N) is 1. The van der Waals surface area contributed by atoms with Gasteiger partial charge in [-0.05, 0) is 12.5 Å². The number of aromatic nitrogens is 1. The number of rotatable bonds is 4. The van der Waals surface area contributed by atoms with Crippen LogP contribution in [-0.4, -0.2) is 11.5 Å². The van der Waals surface area contributed by atoms with Crippen LogP contribution >= 0.6 is 0 Å². The molecule has 0 spiro atoms. The van der Waals surface area contributed by atoms with Gasteiger partial charge in [-0.25, -0.2) is 8.78 Å². The number of pyridine rings is 1. The van der Waals surface area contributed by atoms with Crippen molar-refractivity contribution in [2.45, 2.75) is 20.4 Å². The maximum atomic E-state index is 13.0. The summed E-state index contributed by atoms with van der Waals surface area (Å²) in [7, 11) is 0. The first-order chi connectivity index (χ1) is 6.61. The van der Waals surface area contributed by atoms with Gasteiger partial charge in [-0.3, -0.25) is 4.98 Å². The first kappa shape index (κ1) is 11.0. The molecule has 0 aliphatic carbocycles. The molecule has 4 heteroatoms. The maximum absolute atomic E-state index is 13.0. The zero-order valence-electron chi connectivity index (χ0n) is 8.35. The summed E-state index contributed by atoms with van der Waals surface area (Å²) in [6.07, 6.45) is 2.05. The molecule has 0 saturated carbocycles.